The molecule has 0 aliphatic carbocycles. The van der Waals surface area contributed by atoms with Gasteiger partial charge in [0.15, 0.2) is 23.0 Å². The van der Waals surface area contributed by atoms with Crippen molar-refractivity contribution in [3.8, 4) is 45.6 Å². The summed E-state index contributed by atoms with van der Waals surface area (Å²) in [6, 6.07) is 15.1. The third kappa shape index (κ3) is 3.18. The van der Waals surface area contributed by atoms with Crippen molar-refractivity contribution < 1.29 is 18.9 Å². The molecule has 8 nitrogen and oxygen atoms in total. The molecule has 0 radical (unpaired) electrons. The second-order valence-electron chi connectivity index (χ2n) is 6.12. The van der Waals surface area contributed by atoms with E-state index in [1.165, 1.54) is 0 Å². The van der Waals surface area contributed by atoms with Crippen LogP contribution in [-0.2, 0) is 0 Å². The summed E-state index contributed by atoms with van der Waals surface area (Å²) < 4.78 is 23.3. The molecular formula is C21H20N4O4. The van der Waals surface area contributed by atoms with Gasteiger partial charge >= 0.3 is 0 Å². The molecule has 0 saturated carbocycles. The molecule has 2 aromatic carbocycles. The van der Waals surface area contributed by atoms with E-state index < -0.39 is 0 Å². The molecule has 8 heteroatoms. The van der Waals surface area contributed by atoms with Crippen LogP contribution in [0.15, 0.2) is 48.5 Å². The van der Waals surface area contributed by atoms with Crippen LogP contribution < -0.4 is 18.9 Å². The molecule has 0 saturated heterocycles. The van der Waals surface area contributed by atoms with Crippen LogP contribution in [0.4, 0.5) is 0 Å². The highest BCUT2D eigenvalue weighted by molar-refractivity contribution is 5.74. The van der Waals surface area contributed by atoms with Crippen LogP contribution in [0, 0.1) is 0 Å². The van der Waals surface area contributed by atoms with Gasteiger partial charge in [-0.25, -0.2) is 0 Å². The molecule has 0 aliphatic heterocycles. The number of ether oxygens (including phenoxy) is 4. The lowest BCUT2D eigenvalue weighted by Crippen LogP contribution is -2.01. The fraction of sp³-hybridized carbons (Fsp3) is 0.190. The Labute approximate surface area is 167 Å². The molecule has 0 amide bonds. The quantitative estimate of drug-likeness (QED) is 0.497. The predicted molar refractivity (Wildman–Crippen MR) is 108 cm³/mol. The van der Waals surface area contributed by atoms with Crippen LogP contribution in [0.5, 0.6) is 23.0 Å². The third-order valence-corrected chi connectivity index (χ3v) is 4.59. The van der Waals surface area contributed by atoms with Crippen molar-refractivity contribution in [2.45, 2.75) is 0 Å². The minimum atomic E-state index is 0.482. The van der Waals surface area contributed by atoms with Crippen LogP contribution in [0.2, 0.25) is 0 Å². The minimum Gasteiger partial charge on any atom is -0.497 e. The van der Waals surface area contributed by atoms with E-state index in [1.807, 2.05) is 42.5 Å². The lowest BCUT2D eigenvalue weighted by Gasteiger charge is -2.14. The van der Waals surface area contributed by atoms with Gasteiger partial charge < -0.3 is 18.9 Å². The molecule has 0 N–H and O–H groups in total. The number of benzene rings is 2. The van der Waals surface area contributed by atoms with Crippen LogP contribution in [0.1, 0.15) is 0 Å². The van der Waals surface area contributed by atoms with Crippen molar-refractivity contribution in [2.75, 3.05) is 28.4 Å². The summed E-state index contributed by atoms with van der Waals surface area (Å²) in [5.41, 5.74) is 3.04. The average molecular weight is 392 g/mol. The second-order valence-corrected chi connectivity index (χ2v) is 6.12. The van der Waals surface area contributed by atoms with Gasteiger partial charge in [0.05, 0.1) is 39.7 Å². The molecule has 4 rings (SSSR count). The van der Waals surface area contributed by atoms with Crippen molar-refractivity contribution in [3.63, 3.8) is 0 Å². The van der Waals surface area contributed by atoms with Gasteiger partial charge in [-0.15, -0.1) is 10.2 Å². The molecule has 0 spiro atoms. The van der Waals surface area contributed by atoms with Gasteiger partial charge in [-0.05, 0) is 48.5 Å². The van der Waals surface area contributed by atoms with Gasteiger partial charge in [0.1, 0.15) is 5.75 Å². The largest absolute Gasteiger partial charge is 0.497 e. The zero-order valence-corrected chi connectivity index (χ0v) is 16.5. The first-order valence-electron chi connectivity index (χ1n) is 8.86. The topological polar surface area (TPSA) is 80.0 Å². The monoisotopic (exact) mass is 392 g/mol. The molecule has 2 heterocycles. The summed E-state index contributed by atoms with van der Waals surface area (Å²) in [5, 5.41) is 13.3. The molecule has 148 valence electrons. The van der Waals surface area contributed by atoms with Crippen molar-refractivity contribution >= 4 is 5.65 Å². The normalized spacial score (nSPS) is 10.8. The summed E-state index contributed by atoms with van der Waals surface area (Å²) in [5.74, 6) is 2.87. The zero-order chi connectivity index (χ0) is 20.4. The van der Waals surface area contributed by atoms with Gasteiger partial charge in [-0.3, -0.25) is 0 Å². The maximum atomic E-state index is 5.60. The number of aromatic nitrogens is 4. The van der Waals surface area contributed by atoms with Crippen molar-refractivity contribution in [1.29, 1.82) is 0 Å². The SMILES string of the molecule is COc1ccc(-c2ccc3nnc(-c4ccc(OC)c(OC)c4OC)n3n2)cc1. The Morgan fingerprint density at radius 1 is 0.690 bits per heavy atom. The Morgan fingerprint density at radius 2 is 1.45 bits per heavy atom. The molecule has 0 atom stereocenters. The molecule has 2 aromatic heterocycles. The van der Waals surface area contributed by atoms with E-state index >= 15 is 0 Å². The van der Waals surface area contributed by atoms with Gasteiger partial charge in [0, 0.05) is 5.56 Å². The molecule has 0 aliphatic rings. The Morgan fingerprint density at radius 3 is 2.10 bits per heavy atom. The number of rotatable bonds is 6. The number of methoxy groups -OCH3 is 4. The fourth-order valence-electron chi connectivity index (χ4n) is 3.15. The van der Waals surface area contributed by atoms with E-state index in [-0.39, 0.29) is 0 Å². The highest BCUT2D eigenvalue weighted by atomic mass is 16.5. The Bertz CT molecular complexity index is 1160. The Hall–Kier alpha value is -3.81. The maximum absolute atomic E-state index is 5.60. The summed E-state index contributed by atoms with van der Waals surface area (Å²) in [6.07, 6.45) is 0. The van der Waals surface area contributed by atoms with Crippen molar-refractivity contribution in [2.24, 2.45) is 0 Å². The van der Waals surface area contributed by atoms with Crippen molar-refractivity contribution in [1.82, 2.24) is 19.8 Å². The number of hydrogen-bond acceptors (Lipinski definition) is 7. The number of hydrogen-bond donors (Lipinski definition) is 0. The average Bonchev–Trinajstić information content (AvgIpc) is 3.20. The van der Waals surface area contributed by atoms with E-state index in [9.17, 15) is 0 Å². The number of fused-ring (bicyclic) bond motifs is 1. The predicted octanol–water partition coefficient (Wildman–Crippen LogP) is 3.49. The first-order chi connectivity index (χ1) is 14.2. The van der Waals surface area contributed by atoms with Crippen molar-refractivity contribution in [3.05, 3.63) is 48.5 Å². The van der Waals surface area contributed by atoms with Crippen LogP contribution in [0.3, 0.4) is 0 Å². The smallest absolute Gasteiger partial charge is 0.204 e. The molecule has 29 heavy (non-hydrogen) atoms. The summed E-state index contributed by atoms with van der Waals surface area (Å²) in [7, 11) is 6.34. The summed E-state index contributed by atoms with van der Waals surface area (Å²) in [6.45, 7) is 0. The minimum absolute atomic E-state index is 0.482. The standard InChI is InChI=1S/C21H20N4O4/c1-26-14-7-5-13(6-8-14)16-10-12-18-22-23-21(25(18)24-16)15-9-11-17(27-2)20(29-4)19(15)28-3/h5-12H,1-4H3. The first-order valence-corrected chi connectivity index (χ1v) is 8.86. The van der Waals surface area contributed by atoms with Crippen LogP contribution in [-0.4, -0.2) is 48.3 Å². The fourth-order valence-corrected chi connectivity index (χ4v) is 3.15. The van der Waals surface area contributed by atoms with Gasteiger partial charge in [0.25, 0.3) is 0 Å². The van der Waals surface area contributed by atoms with Crippen LogP contribution in [0.25, 0.3) is 28.3 Å². The highest BCUT2D eigenvalue weighted by Gasteiger charge is 2.21. The van der Waals surface area contributed by atoms with E-state index in [4.69, 9.17) is 24.0 Å². The molecule has 0 bridgehead atoms. The van der Waals surface area contributed by atoms with E-state index in [0.29, 0.717) is 34.3 Å². The molecule has 0 fully saturated rings. The molecule has 0 unspecified atom stereocenters. The van der Waals surface area contributed by atoms with Crippen LogP contribution >= 0.6 is 0 Å². The van der Waals surface area contributed by atoms with Gasteiger partial charge in [-0.1, -0.05) is 0 Å². The Balaban J connectivity index is 1.87. The summed E-state index contributed by atoms with van der Waals surface area (Å²) >= 11 is 0. The zero-order valence-electron chi connectivity index (χ0n) is 16.5. The first kappa shape index (κ1) is 18.5. The summed E-state index contributed by atoms with van der Waals surface area (Å²) in [4.78, 5) is 0. The van der Waals surface area contributed by atoms with E-state index in [0.717, 1.165) is 17.0 Å². The lowest BCUT2D eigenvalue weighted by atomic mass is 10.1. The van der Waals surface area contributed by atoms with E-state index in [2.05, 4.69) is 10.2 Å². The second kappa shape index (κ2) is 7.67. The lowest BCUT2D eigenvalue weighted by molar-refractivity contribution is 0.325. The van der Waals surface area contributed by atoms with Gasteiger partial charge in [-0.2, -0.15) is 9.61 Å². The Kier molecular flexibility index (Phi) is 4.90. The molecular weight excluding hydrogens is 372 g/mol. The van der Waals surface area contributed by atoms with E-state index in [1.54, 1.807) is 39.0 Å². The van der Waals surface area contributed by atoms with Gasteiger partial charge in [0.2, 0.25) is 5.75 Å². The maximum Gasteiger partial charge on any atom is 0.204 e. The highest BCUT2D eigenvalue weighted by Crippen LogP contribution is 2.43. The third-order valence-electron chi connectivity index (χ3n) is 4.59. The number of nitrogens with zero attached hydrogens (tertiary/aromatic N) is 4. The molecule has 4 aromatic rings.